The van der Waals surface area contributed by atoms with Crippen LogP contribution in [0, 0.1) is 0 Å². The Morgan fingerprint density at radius 2 is 1.67 bits per heavy atom. The molecule has 1 aliphatic heterocycles. The lowest BCUT2D eigenvalue weighted by Crippen LogP contribution is -2.19. The van der Waals surface area contributed by atoms with E-state index in [0.717, 1.165) is 16.8 Å². The fourth-order valence-electron chi connectivity index (χ4n) is 3.86. The van der Waals surface area contributed by atoms with Crippen molar-refractivity contribution in [2.24, 2.45) is 0 Å². The van der Waals surface area contributed by atoms with E-state index < -0.39 is 6.23 Å². The van der Waals surface area contributed by atoms with Crippen molar-refractivity contribution < 1.29 is 18.9 Å². The highest BCUT2D eigenvalue weighted by molar-refractivity contribution is 7.98. The van der Waals surface area contributed by atoms with Gasteiger partial charge in [-0.3, -0.25) is 0 Å². The highest BCUT2D eigenvalue weighted by atomic mass is 35.5. The zero-order valence-electron chi connectivity index (χ0n) is 19.8. The normalized spacial score (nSPS) is 13.9. The quantitative estimate of drug-likeness (QED) is 0.293. The number of hydrogen-bond donors (Lipinski definition) is 1. The number of aromatic nitrogens is 3. The number of thioether (sulfide) groups is 1. The number of nitrogens with one attached hydrogen (secondary N) is 1. The second kappa shape index (κ2) is 10.5. The second-order valence-corrected chi connectivity index (χ2v) is 9.18. The standard InChI is InChI=1S/C26H23ClN4O4S/c1-32-17-12-20(33-2)22(21(13-17)34-3)24-28-19-7-5-4-6-18(19)23-25(35-24)29-26(31-30-23)36-14-15-8-10-16(27)11-9-15/h4-13,24,28H,14H2,1-3H3/t24-/m0/s1. The van der Waals surface area contributed by atoms with E-state index in [2.05, 4.69) is 15.5 Å². The number of hydrogen-bond acceptors (Lipinski definition) is 9. The number of halogens is 1. The molecule has 0 amide bonds. The third-order valence-electron chi connectivity index (χ3n) is 5.63. The van der Waals surface area contributed by atoms with E-state index in [1.165, 1.54) is 11.8 Å². The number of para-hydroxylation sites is 1. The average molecular weight is 523 g/mol. The predicted octanol–water partition coefficient (Wildman–Crippen LogP) is 6.01. The van der Waals surface area contributed by atoms with Gasteiger partial charge in [0.05, 0.1) is 26.9 Å². The molecule has 3 aromatic carbocycles. The molecule has 0 saturated carbocycles. The van der Waals surface area contributed by atoms with E-state index in [-0.39, 0.29) is 0 Å². The molecule has 0 bridgehead atoms. The third kappa shape index (κ3) is 4.84. The van der Waals surface area contributed by atoms with Crippen LogP contribution in [0.4, 0.5) is 5.69 Å². The molecular formula is C26H23ClN4O4S. The first-order chi connectivity index (χ1) is 17.6. The van der Waals surface area contributed by atoms with E-state index in [0.29, 0.717) is 50.3 Å². The number of nitrogens with zero attached hydrogens (tertiary/aromatic N) is 3. The zero-order valence-corrected chi connectivity index (χ0v) is 21.4. The number of fused-ring (bicyclic) bond motifs is 3. The van der Waals surface area contributed by atoms with Gasteiger partial charge in [-0.25, -0.2) is 0 Å². The molecule has 0 saturated heterocycles. The molecule has 184 valence electrons. The maximum Gasteiger partial charge on any atom is 0.247 e. The van der Waals surface area contributed by atoms with Crippen LogP contribution in [0.15, 0.2) is 65.8 Å². The first kappa shape index (κ1) is 24.0. The summed E-state index contributed by atoms with van der Waals surface area (Å²) in [5.41, 5.74) is 3.95. The van der Waals surface area contributed by atoms with Crippen molar-refractivity contribution in [2.45, 2.75) is 17.1 Å². The Labute approximate surface area is 217 Å². The van der Waals surface area contributed by atoms with Gasteiger partial charge in [-0.2, -0.15) is 4.98 Å². The van der Waals surface area contributed by atoms with Crippen molar-refractivity contribution >= 4 is 29.1 Å². The monoisotopic (exact) mass is 522 g/mol. The number of ether oxygens (including phenoxy) is 4. The minimum atomic E-state index is -0.686. The summed E-state index contributed by atoms with van der Waals surface area (Å²) in [6.07, 6.45) is -0.686. The Bertz CT molecular complexity index is 1360. The number of anilines is 1. The summed E-state index contributed by atoms with van der Waals surface area (Å²) in [6, 6.07) is 19.0. The maximum absolute atomic E-state index is 6.44. The van der Waals surface area contributed by atoms with Crippen LogP contribution >= 0.6 is 23.4 Å². The van der Waals surface area contributed by atoms with Crippen LogP contribution < -0.4 is 24.3 Å². The molecule has 36 heavy (non-hydrogen) atoms. The first-order valence-corrected chi connectivity index (χ1v) is 12.4. The lowest BCUT2D eigenvalue weighted by atomic mass is 10.1. The van der Waals surface area contributed by atoms with Crippen molar-refractivity contribution in [3.63, 3.8) is 0 Å². The Morgan fingerprint density at radius 1 is 0.944 bits per heavy atom. The van der Waals surface area contributed by atoms with Gasteiger partial charge in [-0.05, 0) is 23.8 Å². The predicted molar refractivity (Wildman–Crippen MR) is 139 cm³/mol. The van der Waals surface area contributed by atoms with Gasteiger partial charge in [0, 0.05) is 34.2 Å². The van der Waals surface area contributed by atoms with Gasteiger partial charge in [0.2, 0.25) is 17.3 Å². The summed E-state index contributed by atoms with van der Waals surface area (Å²) in [7, 11) is 4.77. The zero-order chi connectivity index (χ0) is 25.1. The fourth-order valence-corrected chi connectivity index (χ4v) is 4.72. The average Bonchev–Trinajstić information content (AvgIpc) is 3.08. The van der Waals surface area contributed by atoms with Crippen LogP contribution in [0.3, 0.4) is 0 Å². The molecule has 0 fully saturated rings. The van der Waals surface area contributed by atoms with E-state index in [1.807, 2.05) is 48.5 Å². The van der Waals surface area contributed by atoms with Gasteiger partial charge >= 0.3 is 0 Å². The van der Waals surface area contributed by atoms with Crippen LogP contribution in [0.5, 0.6) is 23.1 Å². The van der Waals surface area contributed by atoms with E-state index in [1.54, 1.807) is 33.5 Å². The Kier molecular flexibility index (Phi) is 7.02. The first-order valence-electron chi connectivity index (χ1n) is 11.0. The number of rotatable bonds is 7. The smallest absolute Gasteiger partial charge is 0.247 e. The summed E-state index contributed by atoms with van der Waals surface area (Å²) in [5.74, 6) is 2.71. The molecule has 1 atom stereocenters. The van der Waals surface area contributed by atoms with Crippen LogP contribution in [-0.4, -0.2) is 36.5 Å². The maximum atomic E-state index is 6.44. The minimum Gasteiger partial charge on any atom is -0.496 e. The second-order valence-electron chi connectivity index (χ2n) is 7.80. The third-order valence-corrected chi connectivity index (χ3v) is 6.79. The van der Waals surface area contributed by atoms with Crippen LogP contribution in [0.2, 0.25) is 5.02 Å². The minimum absolute atomic E-state index is 0.353. The van der Waals surface area contributed by atoms with Crippen LogP contribution in [0.1, 0.15) is 17.4 Å². The van der Waals surface area contributed by atoms with Crippen LogP contribution in [0.25, 0.3) is 11.3 Å². The summed E-state index contributed by atoms with van der Waals surface area (Å²) in [5, 5.41) is 13.5. The highest BCUT2D eigenvalue weighted by Gasteiger charge is 2.30. The molecule has 4 aromatic rings. The van der Waals surface area contributed by atoms with Crippen molar-refractivity contribution in [2.75, 3.05) is 26.6 Å². The molecule has 10 heteroatoms. The Morgan fingerprint density at radius 3 is 2.36 bits per heavy atom. The highest BCUT2D eigenvalue weighted by Crippen LogP contribution is 2.45. The summed E-state index contributed by atoms with van der Waals surface area (Å²) in [4.78, 5) is 4.72. The molecule has 2 heterocycles. The number of benzene rings is 3. The summed E-state index contributed by atoms with van der Waals surface area (Å²) >= 11 is 7.46. The van der Waals surface area contributed by atoms with E-state index in [9.17, 15) is 0 Å². The van der Waals surface area contributed by atoms with Gasteiger partial charge < -0.3 is 24.3 Å². The molecule has 0 unspecified atom stereocenters. The van der Waals surface area contributed by atoms with Gasteiger partial charge in [0.15, 0.2) is 5.69 Å². The van der Waals surface area contributed by atoms with Gasteiger partial charge in [-0.15, -0.1) is 10.2 Å². The largest absolute Gasteiger partial charge is 0.496 e. The molecular weight excluding hydrogens is 500 g/mol. The molecule has 1 aromatic heterocycles. The Balaban J connectivity index is 1.54. The molecule has 0 spiro atoms. The molecule has 0 aliphatic carbocycles. The number of methoxy groups -OCH3 is 3. The molecule has 0 radical (unpaired) electrons. The van der Waals surface area contributed by atoms with Crippen molar-refractivity contribution in [3.05, 3.63) is 76.8 Å². The van der Waals surface area contributed by atoms with E-state index in [4.69, 9.17) is 35.5 Å². The summed E-state index contributed by atoms with van der Waals surface area (Å²) in [6.45, 7) is 0. The SMILES string of the molecule is COc1cc(OC)c([C@H]2Nc3ccccc3-c3nnc(SCc4ccc(Cl)cc4)nc3O2)c(OC)c1. The topological polar surface area (TPSA) is 87.6 Å². The lowest BCUT2D eigenvalue weighted by molar-refractivity contribution is 0.213. The van der Waals surface area contributed by atoms with Gasteiger partial charge in [0.25, 0.3) is 0 Å². The summed E-state index contributed by atoms with van der Waals surface area (Å²) < 4.78 is 23.2. The Hall–Kier alpha value is -3.69. The van der Waals surface area contributed by atoms with Crippen molar-refractivity contribution in [1.82, 2.24) is 15.2 Å². The van der Waals surface area contributed by atoms with Crippen LogP contribution in [-0.2, 0) is 5.75 Å². The van der Waals surface area contributed by atoms with Gasteiger partial charge in [0.1, 0.15) is 17.2 Å². The fraction of sp³-hybridized carbons (Fsp3) is 0.192. The van der Waals surface area contributed by atoms with E-state index >= 15 is 0 Å². The molecule has 1 N–H and O–H groups in total. The molecule has 8 nitrogen and oxygen atoms in total. The molecule has 1 aliphatic rings. The molecule has 5 rings (SSSR count). The van der Waals surface area contributed by atoms with Crippen molar-refractivity contribution in [3.8, 4) is 34.4 Å². The lowest BCUT2D eigenvalue weighted by Gasteiger charge is -2.23. The van der Waals surface area contributed by atoms with Crippen molar-refractivity contribution in [1.29, 1.82) is 0 Å². The van der Waals surface area contributed by atoms with Gasteiger partial charge in [-0.1, -0.05) is 53.7 Å².